The maximum absolute atomic E-state index is 12.7. The average molecular weight is 201 g/mol. The zero-order valence-corrected chi connectivity index (χ0v) is 7.44. The van der Waals surface area contributed by atoms with E-state index in [1.54, 1.807) is 0 Å². The lowest BCUT2D eigenvalue weighted by molar-refractivity contribution is 0.165. The minimum Gasteiger partial charge on any atom is -0.504 e. The molecule has 0 aliphatic carbocycles. The van der Waals surface area contributed by atoms with Gasteiger partial charge in [0.2, 0.25) is 0 Å². The molecule has 0 aliphatic heterocycles. The summed E-state index contributed by atoms with van der Waals surface area (Å²) in [6.45, 7) is 0.235. The monoisotopic (exact) mass is 201 g/mol. The lowest BCUT2D eigenvalue weighted by Crippen LogP contribution is -2.07. The molecule has 0 saturated carbocycles. The summed E-state index contributed by atoms with van der Waals surface area (Å²) in [4.78, 5) is 0. The van der Waals surface area contributed by atoms with Gasteiger partial charge in [0.1, 0.15) is 0 Å². The molecule has 1 atom stereocenters. The summed E-state index contributed by atoms with van der Waals surface area (Å²) in [6.07, 6.45) is -0.759. The maximum Gasteiger partial charge on any atom is 0.194 e. The number of aromatic hydroxyl groups is 2. The topological polar surface area (TPSA) is 86.7 Å². The van der Waals surface area contributed by atoms with E-state index in [1.807, 2.05) is 0 Å². The van der Waals surface area contributed by atoms with Crippen LogP contribution in [0, 0.1) is 5.82 Å². The Morgan fingerprint density at radius 3 is 2.50 bits per heavy atom. The first-order valence-corrected chi connectivity index (χ1v) is 4.16. The molecular weight excluding hydrogens is 189 g/mol. The van der Waals surface area contributed by atoms with Gasteiger partial charge in [-0.2, -0.15) is 0 Å². The first-order chi connectivity index (χ1) is 6.57. The van der Waals surface area contributed by atoms with Crippen molar-refractivity contribution in [3.05, 3.63) is 23.5 Å². The van der Waals surface area contributed by atoms with Crippen molar-refractivity contribution in [2.24, 2.45) is 5.73 Å². The van der Waals surface area contributed by atoms with Gasteiger partial charge in [0.05, 0.1) is 6.10 Å². The zero-order valence-electron chi connectivity index (χ0n) is 7.44. The Kier molecular flexibility index (Phi) is 3.27. The number of halogens is 1. The highest BCUT2D eigenvalue weighted by Crippen LogP contribution is 2.35. The van der Waals surface area contributed by atoms with Gasteiger partial charge in [0.25, 0.3) is 0 Å². The summed E-state index contributed by atoms with van der Waals surface area (Å²) in [5.74, 6) is -2.41. The van der Waals surface area contributed by atoms with Crippen molar-refractivity contribution in [1.29, 1.82) is 0 Å². The normalized spacial score (nSPS) is 12.8. The van der Waals surface area contributed by atoms with Crippen molar-refractivity contribution in [1.82, 2.24) is 0 Å². The Labute approximate surface area is 80.4 Å². The third-order valence-corrected chi connectivity index (χ3v) is 1.93. The summed E-state index contributed by atoms with van der Waals surface area (Å²) >= 11 is 0. The molecule has 1 unspecified atom stereocenters. The van der Waals surface area contributed by atoms with E-state index < -0.39 is 23.4 Å². The van der Waals surface area contributed by atoms with Crippen molar-refractivity contribution in [3.63, 3.8) is 0 Å². The minimum atomic E-state index is -0.994. The Morgan fingerprint density at radius 2 is 1.93 bits per heavy atom. The number of aliphatic hydroxyl groups excluding tert-OH is 1. The van der Waals surface area contributed by atoms with E-state index in [1.165, 1.54) is 6.07 Å². The van der Waals surface area contributed by atoms with Crippen LogP contribution < -0.4 is 5.73 Å². The van der Waals surface area contributed by atoms with E-state index in [9.17, 15) is 14.6 Å². The molecule has 0 aromatic heterocycles. The van der Waals surface area contributed by atoms with E-state index in [0.717, 1.165) is 6.07 Å². The van der Waals surface area contributed by atoms with Gasteiger partial charge in [-0.15, -0.1) is 0 Å². The molecule has 0 bridgehead atoms. The maximum atomic E-state index is 12.7. The molecule has 5 heteroatoms. The van der Waals surface area contributed by atoms with Gasteiger partial charge < -0.3 is 21.1 Å². The number of nitrogens with two attached hydrogens (primary N) is 1. The summed E-state index contributed by atoms with van der Waals surface area (Å²) in [7, 11) is 0. The first kappa shape index (κ1) is 10.7. The second kappa shape index (κ2) is 4.26. The number of hydrogen-bond donors (Lipinski definition) is 4. The Bertz CT molecular complexity index is 330. The molecule has 0 saturated heterocycles. The molecule has 0 fully saturated rings. The Morgan fingerprint density at radius 1 is 1.29 bits per heavy atom. The predicted octanol–water partition coefficient (Wildman–Crippen LogP) is 0.619. The van der Waals surface area contributed by atoms with Crippen molar-refractivity contribution in [2.75, 3.05) is 6.54 Å². The molecule has 0 amide bonds. The fourth-order valence-electron chi connectivity index (χ4n) is 1.15. The lowest BCUT2D eigenvalue weighted by atomic mass is 10.0. The highest BCUT2D eigenvalue weighted by molar-refractivity contribution is 5.46. The highest BCUT2D eigenvalue weighted by atomic mass is 19.1. The van der Waals surface area contributed by atoms with Gasteiger partial charge in [0.15, 0.2) is 17.3 Å². The van der Waals surface area contributed by atoms with Crippen LogP contribution in [0.2, 0.25) is 0 Å². The average Bonchev–Trinajstić information content (AvgIpc) is 2.15. The van der Waals surface area contributed by atoms with Gasteiger partial charge in [-0.05, 0) is 25.1 Å². The quantitative estimate of drug-likeness (QED) is 0.540. The third-order valence-electron chi connectivity index (χ3n) is 1.93. The van der Waals surface area contributed by atoms with E-state index in [4.69, 9.17) is 10.8 Å². The lowest BCUT2D eigenvalue weighted by Gasteiger charge is -2.12. The molecule has 1 aromatic rings. The standard InChI is InChI=1S/C9H12FNO3/c10-6-2-1-5(7(12)3-4-11)8(13)9(6)14/h1-2,7,12-14H,3-4,11H2. The van der Waals surface area contributed by atoms with Crippen LogP contribution in [0.15, 0.2) is 12.1 Å². The molecular formula is C9H12FNO3. The van der Waals surface area contributed by atoms with Crippen LogP contribution >= 0.6 is 0 Å². The highest BCUT2D eigenvalue weighted by Gasteiger charge is 2.16. The van der Waals surface area contributed by atoms with Gasteiger partial charge in [-0.25, -0.2) is 4.39 Å². The molecule has 0 spiro atoms. The van der Waals surface area contributed by atoms with Gasteiger partial charge in [-0.1, -0.05) is 0 Å². The van der Waals surface area contributed by atoms with Crippen molar-refractivity contribution >= 4 is 0 Å². The fourth-order valence-corrected chi connectivity index (χ4v) is 1.15. The van der Waals surface area contributed by atoms with Crippen LogP contribution in [-0.2, 0) is 0 Å². The molecule has 5 N–H and O–H groups in total. The van der Waals surface area contributed by atoms with E-state index in [-0.39, 0.29) is 18.5 Å². The van der Waals surface area contributed by atoms with Gasteiger partial charge in [-0.3, -0.25) is 0 Å². The predicted molar refractivity (Wildman–Crippen MR) is 48.4 cm³/mol. The van der Waals surface area contributed by atoms with Gasteiger partial charge in [0, 0.05) is 5.56 Å². The van der Waals surface area contributed by atoms with Crippen LogP contribution in [0.3, 0.4) is 0 Å². The molecule has 0 radical (unpaired) electrons. The Balaban J connectivity index is 3.04. The second-order valence-electron chi connectivity index (χ2n) is 2.93. The molecule has 1 aromatic carbocycles. The van der Waals surface area contributed by atoms with E-state index in [0.29, 0.717) is 0 Å². The molecule has 4 nitrogen and oxygen atoms in total. The van der Waals surface area contributed by atoms with Crippen LogP contribution in [0.25, 0.3) is 0 Å². The summed E-state index contributed by atoms with van der Waals surface area (Å²) < 4.78 is 12.7. The van der Waals surface area contributed by atoms with Crippen LogP contribution in [0.5, 0.6) is 11.5 Å². The third kappa shape index (κ3) is 1.94. The number of hydrogen-bond acceptors (Lipinski definition) is 4. The van der Waals surface area contributed by atoms with Crippen LogP contribution in [0.1, 0.15) is 18.1 Å². The minimum absolute atomic E-state index is 0.0781. The smallest absolute Gasteiger partial charge is 0.194 e. The molecule has 1 rings (SSSR count). The van der Waals surface area contributed by atoms with Crippen molar-refractivity contribution in [3.8, 4) is 11.5 Å². The van der Waals surface area contributed by atoms with Gasteiger partial charge >= 0.3 is 0 Å². The van der Waals surface area contributed by atoms with E-state index in [2.05, 4.69) is 0 Å². The van der Waals surface area contributed by atoms with Crippen molar-refractivity contribution in [2.45, 2.75) is 12.5 Å². The number of aliphatic hydroxyl groups is 1. The number of phenolic OH excluding ortho intramolecular Hbond substituents is 2. The summed E-state index contributed by atoms with van der Waals surface area (Å²) in [5, 5.41) is 27.8. The molecule has 78 valence electrons. The molecule has 14 heavy (non-hydrogen) atoms. The second-order valence-corrected chi connectivity index (χ2v) is 2.93. The largest absolute Gasteiger partial charge is 0.504 e. The fraction of sp³-hybridized carbons (Fsp3) is 0.333. The first-order valence-electron chi connectivity index (χ1n) is 4.16. The van der Waals surface area contributed by atoms with E-state index >= 15 is 0 Å². The Hall–Kier alpha value is -1.33. The van der Waals surface area contributed by atoms with Crippen LogP contribution in [0.4, 0.5) is 4.39 Å². The zero-order chi connectivity index (χ0) is 10.7. The van der Waals surface area contributed by atoms with Crippen molar-refractivity contribution < 1.29 is 19.7 Å². The van der Waals surface area contributed by atoms with Crippen LogP contribution in [-0.4, -0.2) is 21.9 Å². The number of benzene rings is 1. The summed E-state index contributed by atoms with van der Waals surface area (Å²) in [6, 6.07) is 2.19. The number of phenols is 2. The SMILES string of the molecule is NCCC(O)c1ccc(F)c(O)c1O. The molecule has 0 heterocycles. The number of rotatable bonds is 3. The summed E-state index contributed by atoms with van der Waals surface area (Å²) in [5.41, 5.74) is 5.28. The molecule has 0 aliphatic rings.